The van der Waals surface area contributed by atoms with E-state index < -0.39 is 0 Å². The second-order valence-electron chi connectivity index (χ2n) is 5.05. The molecule has 0 saturated carbocycles. The summed E-state index contributed by atoms with van der Waals surface area (Å²) in [6.07, 6.45) is 0. The van der Waals surface area contributed by atoms with Crippen LogP contribution >= 0.6 is 22.9 Å². The highest BCUT2D eigenvalue weighted by atomic mass is 35.5. The average molecular weight is 328 g/mol. The summed E-state index contributed by atoms with van der Waals surface area (Å²) in [5, 5.41) is 1.19. The average Bonchev–Trinajstić information content (AvgIpc) is 2.92. The maximum Gasteiger partial charge on any atom is 0.196 e. The molecule has 2 nitrogen and oxygen atoms in total. The Morgan fingerprint density at radius 2 is 1.82 bits per heavy atom. The molecule has 1 heterocycles. The molecule has 0 unspecified atom stereocenters. The first-order valence-electron chi connectivity index (χ1n) is 6.82. The lowest BCUT2D eigenvalue weighted by atomic mass is 10.0. The molecule has 0 aliphatic carbocycles. The van der Waals surface area contributed by atoms with E-state index in [1.165, 1.54) is 11.3 Å². The highest BCUT2D eigenvalue weighted by Gasteiger charge is 2.17. The van der Waals surface area contributed by atoms with Gasteiger partial charge in [-0.1, -0.05) is 41.9 Å². The normalized spacial score (nSPS) is 10.6. The number of anilines is 1. The van der Waals surface area contributed by atoms with Crippen molar-refractivity contribution in [3.05, 3.63) is 76.3 Å². The van der Waals surface area contributed by atoms with Gasteiger partial charge in [-0.2, -0.15) is 0 Å². The van der Waals surface area contributed by atoms with Crippen LogP contribution in [0.5, 0.6) is 0 Å². The number of carbonyl (C=O) groups is 1. The number of nitrogen functional groups attached to an aromatic ring is 1. The molecule has 4 heteroatoms. The zero-order valence-electron chi connectivity index (χ0n) is 12.0. The second kappa shape index (κ2) is 5.95. The van der Waals surface area contributed by atoms with E-state index in [1.807, 2.05) is 43.3 Å². The van der Waals surface area contributed by atoms with E-state index in [1.54, 1.807) is 18.2 Å². The topological polar surface area (TPSA) is 43.1 Å². The Kier molecular flexibility index (Phi) is 4.01. The molecule has 3 rings (SSSR count). The van der Waals surface area contributed by atoms with E-state index in [0.29, 0.717) is 21.2 Å². The van der Waals surface area contributed by atoms with Gasteiger partial charge < -0.3 is 5.73 Å². The number of hydrogen-bond donors (Lipinski definition) is 1. The summed E-state index contributed by atoms with van der Waals surface area (Å²) in [6, 6.07) is 17.0. The van der Waals surface area contributed by atoms with Crippen molar-refractivity contribution in [2.45, 2.75) is 6.92 Å². The minimum atomic E-state index is -0.0734. The molecule has 0 fully saturated rings. The Balaban J connectivity index is 2.00. The van der Waals surface area contributed by atoms with Crippen LogP contribution in [0, 0.1) is 6.92 Å². The molecular weight excluding hydrogens is 314 g/mol. The third-order valence-electron chi connectivity index (χ3n) is 3.48. The third kappa shape index (κ3) is 2.78. The van der Waals surface area contributed by atoms with E-state index >= 15 is 0 Å². The van der Waals surface area contributed by atoms with Crippen LogP contribution in [0.1, 0.15) is 21.5 Å². The van der Waals surface area contributed by atoms with Crippen molar-refractivity contribution < 1.29 is 4.79 Å². The van der Waals surface area contributed by atoms with Crippen LogP contribution in [0.3, 0.4) is 0 Å². The van der Waals surface area contributed by atoms with E-state index in [9.17, 15) is 4.79 Å². The summed E-state index contributed by atoms with van der Waals surface area (Å²) in [5.74, 6) is -0.0734. The molecule has 2 N–H and O–H groups in total. The summed E-state index contributed by atoms with van der Waals surface area (Å²) < 4.78 is 0. The Morgan fingerprint density at radius 3 is 2.50 bits per heavy atom. The van der Waals surface area contributed by atoms with Gasteiger partial charge in [0.05, 0.1) is 10.6 Å². The summed E-state index contributed by atoms with van der Waals surface area (Å²) in [6.45, 7) is 1.88. The third-order valence-corrected chi connectivity index (χ3v) is 4.92. The molecule has 110 valence electrons. The highest BCUT2D eigenvalue weighted by Crippen LogP contribution is 2.34. The van der Waals surface area contributed by atoms with Gasteiger partial charge in [0.15, 0.2) is 5.78 Å². The maximum absolute atomic E-state index is 12.7. The Morgan fingerprint density at radius 1 is 1.09 bits per heavy atom. The lowest BCUT2D eigenvalue weighted by Crippen LogP contribution is -2.03. The van der Waals surface area contributed by atoms with Crippen molar-refractivity contribution in [2.24, 2.45) is 0 Å². The summed E-state index contributed by atoms with van der Waals surface area (Å²) in [4.78, 5) is 13.7. The van der Waals surface area contributed by atoms with Crippen molar-refractivity contribution >= 4 is 33.7 Å². The first kappa shape index (κ1) is 14.8. The number of ketones is 1. The minimum absolute atomic E-state index is 0.0734. The molecule has 0 spiro atoms. The van der Waals surface area contributed by atoms with Gasteiger partial charge in [0.2, 0.25) is 0 Å². The van der Waals surface area contributed by atoms with Gasteiger partial charge in [-0.25, -0.2) is 0 Å². The molecule has 0 saturated heterocycles. The first-order chi connectivity index (χ1) is 10.6. The van der Waals surface area contributed by atoms with Crippen LogP contribution in [0.2, 0.25) is 5.02 Å². The number of nitrogens with two attached hydrogens (primary N) is 1. The summed E-state index contributed by atoms with van der Waals surface area (Å²) in [5.41, 5.74) is 9.15. The Hall–Kier alpha value is -2.10. The molecule has 22 heavy (non-hydrogen) atoms. The Labute approximate surface area is 138 Å². The fraction of sp³-hybridized carbons (Fsp3) is 0.0556. The second-order valence-corrected chi connectivity index (χ2v) is 6.54. The smallest absolute Gasteiger partial charge is 0.196 e. The van der Waals surface area contributed by atoms with Crippen molar-refractivity contribution in [2.75, 3.05) is 5.73 Å². The molecule has 3 aromatic rings. The standard InChI is InChI=1S/C18H14ClNOS/c1-11-9-13(7-8-15(11)19)17(21)14-10-16(22-18(14)20)12-5-3-2-4-6-12/h2-10H,20H2,1H3. The van der Waals surface area contributed by atoms with Crippen LogP contribution in [-0.4, -0.2) is 5.78 Å². The molecule has 0 aliphatic heterocycles. The number of benzene rings is 2. The SMILES string of the molecule is Cc1cc(C(=O)c2cc(-c3ccccc3)sc2N)ccc1Cl. The van der Waals surface area contributed by atoms with E-state index in [4.69, 9.17) is 17.3 Å². The van der Waals surface area contributed by atoms with Gasteiger partial charge in [0.25, 0.3) is 0 Å². The number of aryl methyl sites for hydroxylation is 1. The zero-order valence-corrected chi connectivity index (χ0v) is 13.5. The van der Waals surface area contributed by atoms with Crippen molar-refractivity contribution in [1.82, 2.24) is 0 Å². The molecule has 1 aromatic heterocycles. The fourth-order valence-corrected chi connectivity index (χ4v) is 3.32. The number of rotatable bonds is 3. The predicted octanol–water partition coefficient (Wildman–Crippen LogP) is 5.19. The highest BCUT2D eigenvalue weighted by molar-refractivity contribution is 7.19. The van der Waals surface area contributed by atoms with Crippen molar-refractivity contribution in [1.29, 1.82) is 0 Å². The monoisotopic (exact) mass is 327 g/mol. The van der Waals surface area contributed by atoms with E-state index in [-0.39, 0.29) is 5.78 Å². The fourth-order valence-electron chi connectivity index (χ4n) is 2.27. The van der Waals surface area contributed by atoms with Gasteiger partial charge in [-0.05, 0) is 42.3 Å². The van der Waals surface area contributed by atoms with Crippen LogP contribution < -0.4 is 5.73 Å². The van der Waals surface area contributed by atoms with Gasteiger partial charge in [0.1, 0.15) is 0 Å². The first-order valence-corrected chi connectivity index (χ1v) is 8.01. The van der Waals surface area contributed by atoms with Gasteiger partial charge in [0, 0.05) is 15.5 Å². The van der Waals surface area contributed by atoms with Crippen molar-refractivity contribution in [3.8, 4) is 10.4 Å². The van der Waals surface area contributed by atoms with E-state index in [2.05, 4.69) is 0 Å². The minimum Gasteiger partial charge on any atom is -0.390 e. The van der Waals surface area contributed by atoms with Crippen LogP contribution in [0.25, 0.3) is 10.4 Å². The van der Waals surface area contributed by atoms with Crippen LogP contribution in [-0.2, 0) is 0 Å². The molecule has 0 bridgehead atoms. The molecule has 2 aromatic carbocycles. The molecule has 0 amide bonds. The summed E-state index contributed by atoms with van der Waals surface area (Å²) >= 11 is 7.44. The lowest BCUT2D eigenvalue weighted by molar-refractivity contribution is 0.104. The van der Waals surface area contributed by atoms with E-state index in [0.717, 1.165) is 16.0 Å². The van der Waals surface area contributed by atoms with Crippen molar-refractivity contribution in [3.63, 3.8) is 0 Å². The molecule has 0 atom stereocenters. The molecular formula is C18H14ClNOS. The van der Waals surface area contributed by atoms with Crippen LogP contribution in [0.4, 0.5) is 5.00 Å². The zero-order chi connectivity index (χ0) is 15.7. The number of thiophene rings is 1. The maximum atomic E-state index is 12.7. The predicted molar refractivity (Wildman–Crippen MR) is 93.8 cm³/mol. The largest absolute Gasteiger partial charge is 0.390 e. The lowest BCUT2D eigenvalue weighted by Gasteiger charge is -2.03. The number of halogens is 1. The van der Waals surface area contributed by atoms with Crippen LogP contribution in [0.15, 0.2) is 54.6 Å². The summed E-state index contributed by atoms with van der Waals surface area (Å²) in [7, 11) is 0. The molecule has 0 aliphatic rings. The van der Waals surface area contributed by atoms with Gasteiger partial charge >= 0.3 is 0 Å². The van der Waals surface area contributed by atoms with Gasteiger partial charge in [-0.3, -0.25) is 4.79 Å². The van der Waals surface area contributed by atoms with Gasteiger partial charge in [-0.15, -0.1) is 11.3 Å². The number of carbonyl (C=O) groups excluding carboxylic acids is 1. The molecule has 0 radical (unpaired) electrons. The quantitative estimate of drug-likeness (QED) is 0.673. The Bertz CT molecular complexity index is 840. The number of hydrogen-bond acceptors (Lipinski definition) is 3.